The van der Waals surface area contributed by atoms with Crippen LogP contribution in [0.3, 0.4) is 0 Å². The summed E-state index contributed by atoms with van der Waals surface area (Å²) < 4.78 is 22.6. The molecule has 4 nitrogen and oxygen atoms in total. The van der Waals surface area contributed by atoms with Crippen LogP contribution in [-0.4, -0.2) is 32.3 Å². The van der Waals surface area contributed by atoms with Crippen LogP contribution in [-0.2, 0) is 14.6 Å². The van der Waals surface area contributed by atoms with Crippen LogP contribution < -0.4 is 5.73 Å². The van der Waals surface area contributed by atoms with Gasteiger partial charge in [0.15, 0.2) is 0 Å². The zero-order valence-electron chi connectivity index (χ0n) is 10.6. The Bertz CT molecular complexity index is 356. The monoisotopic (exact) mass is 261 g/mol. The molecule has 1 aliphatic carbocycles. The third-order valence-electron chi connectivity index (χ3n) is 3.84. The molecule has 2 N–H and O–H groups in total. The highest BCUT2D eigenvalue weighted by Crippen LogP contribution is 2.39. The molecule has 0 saturated heterocycles. The van der Waals surface area contributed by atoms with E-state index in [4.69, 9.17) is 5.73 Å². The smallest absolute Gasteiger partial charge is 0.150 e. The van der Waals surface area contributed by atoms with Crippen LogP contribution in [0.15, 0.2) is 0 Å². The van der Waals surface area contributed by atoms with E-state index in [1.54, 1.807) is 6.92 Å². The number of carbonyl (C=O) groups excluding carboxylic acids is 1. The maximum atomic E-state index is 12.1. The molecule has 17 heavy (non-hydrogen) atoms. The van der Waals surface area contributed by atoms with Gasteiger partial charge in [0.25, 0.3) is 0 Å². The fourth-order valence-corrected chi connectivity index (χ4v) is 3.38. The Hall–Kier alpha value is -0.420. The van der Waals surface area contributed by atoms with Gasteiger partial charge in [-0.05, 0) is 19.3 Å². The fraction of sp³-hybridized carbons (Fsp3) is 0.917. The lowest BCUT2D eigenvalue weighted by Gasteiger charge is -2.25. The summed E-state index contributed by atoms with van der Waals surface area (Å²) in [5, 5.41) is 0. The topological polar surface area (TPSA) is 77.2 Å². The summed E-state index contributed by atoms with van der Waals surface area (Å²) in [4.78, 5) is 12.1. The molecule has 0 aliphatic heterocycles. The van der Waals surface area contributed by atoms with E-state index in [-0.39, 0.29) is 22.7 Å². The van der Waals surface area contributed by atoms with Gasteiger partial charge in [0.2, 0.25) is 0 Å². The number of hydrogen-bond donors (Lipinski definition) is 1. The van der Waals surface area contributed by atoms with Gasteiger partial charge in [-0.2, -0.15) is 0 Å². The molecule has 0 spiro atoms. The molecule has 1 saturated carbocycles. The summed E-state index contributed by atoms with van der Waals surface area (Å²) in [6.45, 7) is 2.04. The molecule has 0 aromatic carbocycles. The third kappa shape index (κ3) is 3.78. The average Bonchev–Trinajstić information content (AvgIpc) is 2.78. The Balaban J connectivity index is 2.44. The lowest BCUT2D eigenvalue weighted by molar-refractivity contribution is -0.128. The normalized spacial score (nSPS) is 19.4. The van der Waals surface area contributed by atoms with Gasteiger partial charge in [0, 0.05) is 24.1 Å². The zero-order chi connectivity index (χ0) is 12.9. The number of Topliss-reactive ketones (excluding diaryl/α,β-unsaturated/α-hetero) is 1. The van der Waals surface area contributed by atoms with E-state index in [1.165, 1.54) is 0 Å². The van der Waals surface area contributed by atoms with Gasteiger partial charge in [0.05, 0.1) is 5.75 Å². The number of hydrogen-bond acceptors (Lipinski definition) is 4. The van der Waals surface area contributed by atoms with Crippen molar-refractivity contribution in [3.63, 3.8) is 0 Å². The van der Waals surface area contributed by atoms with E-state index in [1.807, 2.05) is 0 Å². The summed E-state index contributed by atoms with van der Waals surface area (Å²) in [5.41, 5.74) is 5.38. The maximum absolute atomic E-state index is 12.1. The van der Waals surface area contributed by atoms with Crippen molar-refractivity contribution in [2.75, 3.05) is 18.1 Å². The van der Waals surface area contributed by atoms with Crippen molar-refractivity contribution >= 4 is 15.6 Å². The van der Waals surface area contributed by atoms with Crippen molar-refractivity contribution < 1.29 is 13.2 Å². The molecule has 1 rings (SSSR count). The SMILES string of the molecule is CCS(=O)(=O)CCCC(=O)C1(CN)CCCC1. The first-order chi connectivity index (χ1) is 7.96. The standard InChI is InChI=1S/C12H23NO3S/c1-2-17(15,16)9-5-6-11(14)12(10-13)7-3-4-8-12/h2-10,13H2,1H3. The van der Waals surface area contributed by atoms with E-state index < -0.39 is 9.84 Å². The molecule has 0 atom stereocenters. The molecule has 0 aromatic rings. The van der Waals surface area contributed by atoms with Crippen LogP contribution in [0.25, 0.3) is 0 Å². The van der Waals surface area contributed by atoms with Gasteiger partial charge in [-0.3, -0.25) is 4.79 Å². The van der Waals surface area contributed by atoms with Gasteiger partial charge >= 0.3 is 0 Å². The van der Waals surface area contributed by atoms with Crippen molar-refractivity contribution in [1.29, 1.82) is 0 Å². The molecule has 0 radical (unpaired) electrons. The quantitative estimate of drug-likeness (QED) is 0.749. The predicted octanol–water partition coefficient (Wildman–Crippen LogP) is 1.29. The minimum Gasteiger partial charge on any atom is -0.329 e. The van der Waals surface area contributed by atoms with Gasteiger partial charge in [0.1, 0.15) is 15.6 Å². The van der Waals surface area contributed by atoms with Crippen LogP contribution in [0.5, 0.6) is 0 Å². The first kappa shape index (κ1) is 14.6. The average molecular weight is 261 g/mol. The second kappa shape index (κ2) is 5.96. The molecule has 0 heterocycles. The summed E-state index contributed by atoms with van der Waals surface area (Å²) in [6.07, 6.45) is 4.69. The largest absolute Gasteiger partial charge is 0.329 e. The van der Waals surface area contributed by atoms with Crippen LogP contribution in [0, 0.1) is 5.41 Å². The minimum atomic E-state index is -2.95. The summed E-state index contributed by atoms with van der Waals surface area (Å²) in [6, 6.07) is 0. The van der Waals surface area contributed by atoms with E-state index in [9.17, 15) is 13.2 Å². The Kier molecular flexibility index (Phi) is 5.13. The van der Waals surface area contributed by atoms with Crippen molar-refractivity contribution in [3.05, 3.63) is 0 Å². The summed E-state index contributed by atoms with van der Waals surface area (Å²) in [7, 11) is -2.95. The van der Waals surface area contributed by atoms with Gasteiger partial charge in [-0.1, -0.05) is 19.8 Å². The Morgan fingerprint density at radius 3 is 2.35 bits per heavy atom. The highest BCUT2D eigenvalue weighted by atomic mass is 32.2. The van der Waals surface area contributed by atoms with Crippen LogP contribution in [0.2, 0.25) is 0 Å². The van der Waals surface area contributed by atoms with E-state index in [0.29, 0.717) is 19.4 Å². The van der Waals surface area contributed by atoms with Crippen LogP contribution in [0.4, 0.5) is 0 Å². The molecule has 5 heteroatoms. The maximum Gasteiger partial charge on any atom is 0.150 e. The number of sulfone groups is 1. The van der Waals surface area contributed by atoms with E-state index >= 15 is 0 Å². The van der Waals surface area contributed by atoms with Crippen molar-refractivity contribution in [2.45, 2.75) is 45.4 Å². The number of carbonyl (C=O) groups is 1. The van der Waals surface area contributed by atoms with E-state index in [0.717, 1.165) is 25.7 Å². The van der Waals surface area contributed by atoms with Crippen molar-refractivity contribution in [2.24, 2.45) is 11.1 Å². The number of rotatable bonds is 7. The lowest BCUT2D eigenvalue weighted by atomic mass is 9.80. The summed E-state index contributed by atoms with van der Waals surface area (Å²) >= 11 is 0. The minimum absolute atomic E-state index is 0.121. The fourth-order valence-electron chi connectivity index (χ4n) is 2.51. The molecule has 0 bridgehead atoms. The Morgan fingerprint density at radius 2 is 1.88 bits per heavy atom. The van der Waals surface area contributed by atoms with Gasteiger partial charge in [-0.15, -0.1) is 0 Å². The molecular weight excluding hydrogens is 238 g/mol. The first-order valence-electron chi connectivity index (χ1n) is 6.39. The number of ketones is 1. The van der Waals surface area contributed by atoms with Gasteiger partial charge < -0.3 is 5.73 Å². The molecular formula is C12H23NO3S. The molecule has 0 unspecified atom stereocenters. The second-order valence-corrected chi connectivity index (χ2v) is 7.43. The lowest BCUT2D eigenvalue weighted by Crippen LogP contribution is -2.36. The molecule has 1 fully saturated rings. The van der Waals surface area contributed by atoms with Crippen molar-refractivity contribution in [3.8, 4) is 0 Å². The molecule has 1 aliphatic rings. The predicted molar refractivity (Wildman–Crippen MR) is 68.5 cm³/mol. The Labute approximate surface area is 104 Å². The highest BCUT2D eigenvalue weighted by molar-refractivity contribution is 7.91. The first-order valence-corrected chi connectivity index (χ1v) is 8.22. The Morgan fingerprint density at radius 1 is 1.29 bits per heavy atom. The molecule has 0 amide bonds. The third-order valence-corrected chi connectivity index (χ3v) is 5.63. The van der Waals surface area contributed by atoms with Gasteiger partial charge in [-0.25, -0.2) is 8.42 Å². The second-order valence-electron chi connectivity index (χ2n) is 4.95. The molecule has 100 valence electrons. The zero-order valence-corrected chi connectivity index (χ0v) is 11.4. The molecule has 0 aromatic heterocycles. The summed E-state index contributed by atoms with van der Waals surface area (Å²) in [5.74, 6) is 0.447. The highest BCUT2D eigenvalue weighted by Gasteiger charge is 2.38. The van der Waals surface area contributed by atoms with E-state index in [2.05, 4.69) is 0 Å². The number of nitrogens with two attached hydrogens (primary N) is 1. The van der Waals surface area contributed by atoms with Crippen LogP contribution in [0.1, 0.15) is 45.4 Å². The van der Waals surface area contributed by atoms with Crippen LogP contribution >= 0.6 is 0 Å². The van der Waals surface area contributed by atoms with Crippen molar-refractivity contribution in [1.82, 2.24) is 0 Å².